The summed E-state index contributed by atoms with van der Waals surface area (Å²) in [5.41, 5.74) is 3.56. The Morgan fingerprint density at radius 1 is 1.06 bits per heavy atom. The van der Waals surface area contributed by atoms with Crippen LogP contribution in [0, 0.1) is 6.92 Å². The summed E-state index contributed by atoms with van der Waals surface area (Å²) in [6.07, 6.45) is 3.70. The number of benzene rings is 3. The third-order valence-corrected chi connectivity index (χ3v) is 6.35. The van der Waals surface area contributed by atoms with E-state index >= 15 is 0 Å². The number of halogens is 2. The molecule has 0 spiro atoms. The molecule has 0 aromatic heterocycles. The van der Waals surface area contributed by atoms with Gasteiger partial charge in [0.2, 0.25) is 0 Å². The van der Waals surface area contributed by atoms with E-state index in [9.17, 15) is 14.4 Å². The van der Waals surface area contributed by atoms with Crippen LogP contribution in [0.3, 0.4) is 0 Å². The van der Waals surface area contributed by atoms with E-state index in [1.165, 1.54) is 6.08 Å². The quantitative estimate of drug-likeness (QED) is 0.205. The van der Waals surface area contributed by atoms with E-state index in [0.717, 1.165) is 21.6 Å². The molecule has 0 aliphatic carbocycles. The Morgan fingerprint density at radius 3 is 2.42 bits per heavy atom. The number of ether oxygens (including phenoxy) is 1. The van der Waals surface area contributed by atoms with Gasteiger partial charge in [-0.3, -0.25) is 14.9 Å². The van der Waals surface area contributed by atoms with Crippen molar-refractivity contribution in [1.29, 1.82) is 0 Å². The van der Waals surface area contributed by atoms with Crippen molar-refractivity contribution in [3.8, 4) is 5.75 Å². The maximum atomic E-state index is 13.2. The molecule has 1 heterocycles. The van der Waals surface area contributed by atoms with Gasteiger partial charge >= 0.3 is 6.03 Å². The van der Waals surface area contributed by atoms with Crippen LogP contribution in [0.15, 0.2) is 83.4 Å². The van der Waals surface area contributed by atoms with Gasteiger partial charge in [-0.1, -0.05) is 47.5 Å². The molecule has 1 fully saturated rings. The van der Waals surface area contributed by atoms with Crippen LogP contribution in [-0.4, -0.2) is 17.8 Å². The number of hydrogen-bond acceptors (Lipinski definition) is 4. The van der Waals surface area contributed by atoms with Crippen LogP contribution in [-0.2, 0) is 22.6 Å². The lowest BCUT2D eigenvalue weighted by Crippen LogP contribution is -2.54. The van der Waals surface area contributed by atoms with E-state index in [4.69, 9.17) is 16.3 Å². The van der Waals surface area contributed by atoms with Gasteiger partial charge in [0.15, 0.2) is 0 Å². The van der Waals surface area contributed by atoms with Gasteiger partial charge in [-0.05, 0) is 88.4 Å². The molecule has 0 saturated carbocycles. The highest BCUT2D eigenvalue weighted by molar-refractivity contribution is 9.10. The van der Waals surface area contributed by atoms with Crippen molar-refractivity contribution in [3.05, 3.63) is 111 Å². The number of carbonyl (C=O) groups excluding carboxylic acids is 3. The number of rotatable bonds is 7. The lowest BCUT2D eigenvalue weighted by molar-refractivity contribution is -0.122. The highest BCUT2D eigenvalue weighted by Gasteiger charge is 2.36. The normalized spacial score (nSPS) is 14.7. The first-order valence-corrected chi connectivity index (χ1v) is 12.2. The topological polar surface area (TPSA) is 75.7 Å². The van der Waals surface area contributed by atoms with E-state index in [0.29, 0.717) is 39.5 Å². The molecule has 4 rings (SSSR count). The van der Waals surface area contributed by atoms with E-state index in [1.807, 2.05) is 25.1 Å². The summed E-state index contributed by atoms with van der Waals surface area (Å²) >= 11 is 9.51. The molecule has 3 aromatic rings. The summed E-state index contributed by atoms with van der Waals surface area (Å²) in [5.74, 6) is -0.822. The molecule has 4 amide bonds. The average Bonchev–Trinajstić information content (AvgIpc) is 2.83. The monoisotopic (exact) mass is 564 g/mol. The minimum absolute atomic E-state index is 0.151. The van der Waals surface area contributed by atoms with Crippen molar-refractivity contribution < 1.29 is 19.1 Å². The summed E-state index contributed by atoms with van der Waals surface area (Å²) in [6.45, 7) is 6.05. The zero-order chi connectivity index (χ0) is 25.8. The van der Waals surface area contributed by atoms with Crippen molar-refractivity contribution in [2.45, 2.75) is 20.0 Å². The number of aryl methyl sites for hydroxylation is 1. The average molecular weight is 566 g/mol. The van der Waals surface area contributed by atoms with Crippen molar-refractivity contribution >= 4 is 57.1 Å². The predicted molar refractivity (Wildman–Crippen MR) is 144 cm³/mol. The molecule has 3 aromatic carbocycles. The number of anilines is 1. The molecule has 0 atom stereocenters. The Morgan fingerprint density at radius 2 is 1.75 bits per heavy atom. The fraction of sp³-hybridized carbons (Fsp3) is 0.107. The Balaban J connectivity index is 1.65. The number of imide groups is 2. The van der Waals surface area contributed by atoms with Crippen LogP contribution in [0.5, 0.6) is 5.75 Å². The van der Waals surface area contributed by atoms with E-state index in [-0.39, 0.29) is 5.57 Å². The van der Waals surface area contributed by atoms with Gasteiger partial charge in [0.1, 0.15) is 17.9 Å². The van der Waals surface area contributed by atoms with Gasteiger partial charge in [-0.25, -0.2) is 9.69 Å². The predicted octanol–water partition coefficient (Wildman–Crippen LogP) is 6.38. The maximum absolute atomic E-state index is 13.2. The highest BCUT2D eigenvalue weighted by atomic mass is 79.9. The molecular weight excluding hydrogens is 544 g/mol. The lowest BCUT2D eigenvalue weighted by atomic mass is 10.0. The first kappa shape index (κ1) is 25.4. The second-order valence-corrected chi connectivity index (χ2v) is 9.48. The van der Waals surface area contributed by atoms with Crippen LogP contribution >= 0.6 is 27.5 Å². The Labute approximate surface area is 222 Å². The number of amides is 4. The number of urea groups is 1. The van der Waals surface area contributed by atoms with Crippen LogP contribution < -0.4 is 15.0 Å². The number of hydrogen-bond donors (Lipinski definition) is 1. The largest absolute Gasteiger partial charge is 0.487 e. The molecular formula is C28H22BrClN2O4. The molecule has 1 aliphatic rings. The van der Waals surface area contributed by atoms with Crippen molar-refractivity contribution in [2.75, 3.05) is 4.90 Å². The lowest BCUT2D eigenvalue weighted by Gasteiger charge is -2.26. The van der Waals surface area contributed by atoms with E-state index in [1.54, 1.807) is 48.5 Å². The minimum Gasteiger partial charge on any atom is -0.487 e. The van der Waals surface area contributed by atoms with Crippen molar-refractivity contribution in [1.82, 2.24) is 5.32 Å². The second-order valence-electron chi connectivity index (χ2n) is 8.19. The highest BCUT2D eigenvalue weighted by Crippen LogP contribution is 2.33. The first-order valence-electron chi connectivity index (χ1n) is 11.1. The molecule has 36 heavy (non-hydrogen) atoms. The SMILES string of the molecule is C=CCc1cc(/C=C2\C(=O)NC(=O)N(c3ccc(C)cc3)C2=O)cc(Br)c1OCc1ccc(Cl)cc1. The third-order valence-electron chi connectivity index (χ3n) is 5.51. The molecule has 1 N–H and O–H groups in total. The summed E-state index contributed by atoms with van der Waals surface area (Å²) in [5, 5.41) is 2.90. The third kappa shape index (κ3) is 5.58. The fourth-order valence-electron chi connectivity index (χ4n) is 3.71. The van der Waals surface area contributed by atoms with Gasteiger partial charge < -0.3 is 4.74 Å². The number of allylic oxidation sites excluding steroid dienone is 1. The number of nitrogens with one attached hydrogen (secondary N) is 1. The Kier molecular flexibility index (Phi) is 7.72. The van der Waals surface area contributed by atoms with Crippen LogP contribution in [0.4, 0.5) is 10.5 Å². The van der Waals surface area contributed by atoms with Gasteiger partial charge in [0, 0.05) is 5.02 Å². The smallest absolute Gasteiger partial charge is 0.335 e. The van der Waals surface area contributed by atoms with Crippen LogP contribution in [0.1, 0.15) is 22.3 Å². The van der Waals surface area contributed by atoms with Gasteiger partial charge in [-0.2, -0.15) is 0 Å². The molecule has 0 radical (unpaired) electrons. The Hall–Kier alpha value is -3.68. The molecule has 1 saturated heterocycles. The zero-order valence-corrected chi connectivity index (χ0v) is 21.7. The van der Waals surface area contributed by atoms with Crippen molar-refractivity contribution in [2.24, 2.45) is 0 Å². The second kappa shape index (κ2) is 10.9. The Bertz CT molecular complexity index is 1380. The first-order chi connectivity index (χ1) is 17.3. The minimum atomic E-state index is -0.787. The van der Waals surface area contributed by atoms with E-state index < -0.39 is 17.8 Å². The summed E-state index contributed by atoms with van der Waals surface area (Å²) < 4.78 is 6.73. The molecule has 1 aliphatic heterocycles. The van der Waals surface area contributed by atoms with Crippen LogP contribution in [0.25, 0.3) is 6.08 Å². The molecule has 182 valence electrons. The number of carbonyl (C=O) groups is 3. The molecule has 0 unspecified atom stereocenters. The summed E-state index contributed by atoms with van der Waals surface area (Å²) in [6, 6.07) is 17.1. The van der Waals surface area contributed by atoms with Gasteiger partial charge in [0.25, 0.3) is 11.8 Å². The van der Waals surface area contributed by atoms with Gasteiger partial charge in [0.05, 0.1) is 10.2 Å². The van der Waals surface area contributed by atoms with Crippen molar-refractivity contribution in [3.63, 3.8) is 0 Å². The van der Waals surface area contributed by atoms with E-state index in [2.05, 4.69) is 27.8 Å². The summed E-state index contributed by atoms with van der Waals surface area (Å²) in [7, 11) is 0. The molecule has 6 nitrogen and oxygen atoms in total. The number of nitrogens with zero attached hydrogens (tertiary/aromatic N) is 1. The standard InChI is InChI=1S/C28H22BrClN2O4/c1-3-4-20-13-19(15-24(29)25(20)36-16-18-7-9-21(30)10-8-18)14-23-26(33)31-28(35)32(27(23)34)22-11-5-17(2)6-12-22/h3,5-15H,1,4,16H2,2H3,(H,31,33,35)/b23-14+. The zero-order valence-electron chi connectivity index (χ0n) is 19.4. The number of barbiturate groups is 1. The van der Waals surface area contributed by atoms with Crippen LogP contribution in [0.2, 0.25) is 5.02 Å². The molecule has 8 heteroatoms. The molecule has 0 bridgehead atoms. The van der Waals surface area contributed by atoms with Gasteiger partial charge in [-0.15, -0.1) is 6.58 Å². The summed E-state index contributed by atoms with van der Waals surface area (Å²) in [4.78, 5) is 39.2. The fourth-order valence-corrected chi connectivity index (χ4v) is 4.47. The maximum Gasteiger partial charge on any atom is 0.335 e.